The molecule has 0 aliphatic heterocycles. The molecule has 0 aliphatic rings. The Bertz CT molecular complexity index is 988. The number of carbonyl (C=O) groups is 3. The summed E-state index contributed by atoms with van der Waals surface area (Å²) in [6.45, 7) is 2.10. The second kappa shape index (κ2) is 17.7. The quantitative estimate of drug-likeness (QED) is 0.0976. The number of ether oxygens (including phenoxy) is 2. The zero-order valence-corrected chi connectivity index (χ0v) is 22.0. The third-order valence-corrected chi connectivity index (χ3v) is 5.77. The zero-order chi connectivity index (χ0) is 26.7. The molecule has 2 rings (SSSR count). The standard InChI is InChI=1S/C29H39N3O5/c1-3-4-5-6-7-8-9-10-11-12-27(33)30-22-28(34)32-31-21-23-13-17-26(18-14-23)37-29(35)24-15-19-25(36-2)20-16-24/h13-21H,3-12,22H2,1-2H3,(H,30,33)(H,32,34)/b31-21+. The average Bonchev–Trinajstić information content (AvgIpc) is 2.92. The molecule has 37 heavy (non-hydrogen) atoms. The Labute approximate surface area is 219 Å². The zero-order valence-electron chi connectivity index (χ0n) is 22.0. The molecule has 0 aromatic heterocycles. The molecule has 0 saturated carbocycles. The number of benzene rings is 2. The van der Waals surface area contributed by atoms with Crippen LogP contribution in [-0.4, -0.2) is 37.7 Å². The van der Waals surface area contributed by atoms with Crippen LogP contribution in [0.3, 0.4) is 0 Å². The van der Waals surface area contributed by atoms with Crippen molar-refractivity contribution in [1.29, 1.82) is 0 Å². The molecule has 2 amide bonds. The van der Waals surface area contributed by atoms with Crippen molar-refractivity contribution in [3.05, 3.63) is 59.7 Å². The van der Waals surface area contributed by atoms with Gasteiger partial charge in [-0.2, -0.15) is 5.10 Å². The van der Waals surface area contributed by atoms with Crippen LogP contribution in [-0.2, 0) is 9.59 Å². The Kier molecular flexibility index (Phi) is 14.1. The van der Waals surface area contributed by atoms with Crippen molar-refractivity contribution in [2.75, 3.05) is 13.7 Å². The molecule has 0 radical (unpaired) electrons. The van der Waals surface area contributed by atoms with Gasteiger partial charge in [-0.05, 0) is 60.5 Å². The molecule has 2 aromatic carbocycles. The fourth-order valence-electron chi connectivity index (χ4n) is 3.60. The van der Waals surface area contributed by atoms with Crippen molar-refractivity contribution >= 4 is 24.0 Å². The highest BCUT2D eigenvalue weighted by molar-refractivity contribution is 5.91. The van der Waals surface area contributed by atoms with Crippen LogP contribution in [0.1, 0.15) is 87.1 Å². The lowest BCUT2D eigenvalue weighted by Crippen LogP contribution is -2.34. The Morgan fingerprint density at radius 2 is 1.38 bits per heavy atom. The van der Waals surface area contributed by atoms with Gasteiger partial charge in [0.15, 0.2) is 0 Å². The number of unbranched alkanes of at least 4 members (excludes halogenated alkanes) is 8. The van der Waals surface area contributed by atoms with E-state index in [2.05, 4.69) is 22.8 Å². The summed E-state index contributed by atoms with van der Waals surface area (Å²) in [5.41, 5.74) is 3.51. The first kappa shape index (κ1) is 29.5. The molecular weight excluding hydrogens is 470 g/mol. The van der Waals surface area contributed by atoms with Gasteiger partial charge in [0.25, 0.3) is 5.91 Å². The van der Waals surface area contributed by atoms with Gasteiger partial charge in [-0.25, -0.2) is 10.2 Å². The molecule has 0 bridgehead atoms. The summed E-state index contributed by atoms with van der Waals surface area (Å²) in [6.07, 6.45) is 12.6. The van der Waals surface area contributed by atoms with E-state index >= 15 is 0 Å². The molecule has 0 fully saturated rings. The van der Waals surface area contributed by atoms with Gasteiger partial charge in [-0.15, -0.1) is 0 Å². The van der Waals surface area contributed by atoms with Gasteiger partial charge >= 0.3 is 5.97 Å². The Hall–Kier alpha value is -3.68. The number of carbonyl (C=O) groups excluding carboxylic acids is 3. The van der Waals surface area contributed by atoms with E-state index in [4.69, 9.17) is 9.47 Å². The Balaban J connectivity index is 1.59. The first-order valence-electron chi connectivity index (χ1n) is 13.1. The van der Waals surface area contributed by atoms with E-state index in [0.717, 1.165) is 19.3 Å². The van der Waals surface area contributed by atoms with Crippen molar-refractivity contribution in [3.63, 3.8) is 0 Å². The van der Waals surface area contributed by atoms with Crippen molar-refractivity contribution in [1.82, 2.24) is 10.7 Å². The van der Waals surface area contributed by atoms with Crippen molar-refractivity contribution in [2.45, 2.75) is 71.1 Å². The summed E-state index contributed by atoms with van der Waals surface area (Å²) in [7, 11) is 1.56. The van der Waals surface area contributed by atoms with E-state index in [-0.39, 0.29) is 12.5 Å². The number of amides is 2. The molecule has 2 N–H and O–H groups in total. The molecular formula is C29H39N3O5. The predicted molar refractivity (Wildman–Crippen MR) is 145 cm³/mol. The van der Waals surface area contributed by atoms with Crippen LogP contribution >= 0.6 is 0 Å². The minimum absolute atomic E-state index is 0.117. The fourth-order valence-corrected chi connectivity index (χ4v) is 3.60. The molecule has 8 heteroatoms. The number of methoxy groups -OCH3 is 1. The molecule has 0 spiro atoms. The van der Waals surface area contributed by atoms with Crippen LogP contribution in [0, 0.1) is 0 Å². The molecule has 2 aromatic rings. The van der Waals surface area contributed by atoms with Crippen LogP contribution < -0.4 is 20.2 Å². The second-order valence-corrected chi connectivity index (χ2v) is 8.84. The molecule has 8 nitrogen and oxygen atoms in total. The molecule has 0 saturated heterocycles. The van der Waals surface area contributed by atoms with Crippen LogP contribution in [0.4, 0.5) is 0 Å². The van der Waals surface area contributed by atoms with E-state index in [0.29, 0.717) is 29.0 Å². The summed E-state index contributed by atoms with van der Waals surface area (Å²) < 4.78 is 10.4. The number of hydrogen-bond acceptors (Lipinski definition) is 6. The van der Waals surface area contributed by atoms with Gasteiger partial charge in [0.1, 0.15) is 11.5 Å². The van der Waals surface area contributed by atoms with Gasteiger partial charge < -0.3 is 14.8 Å². The van der Waals surface area contributed by atoms with Crippen LogP contribution in [0.2, 0.25) is 0 Å². The lowest BCUT2D eigenvalue weighted by molar-refractivity contribution is -0.126. The van der Waals surface area contributed by atoms with Gasteiger partial charge in [0.05, 0.1) is 25.4 Å². The van der Waals surface area contributed by atoms with Crippen LogP contribution in [0.25, 0.3) is 0 Å². The number of hydrazone groups is 1. The lowest BCUT2D eigenvalue weighted by Gasteiger charge is -2.06. The van der Waals surface area contributed by atoms with E-state index in [1.807, 2.05) is 0 Å². The molecule has 0 atom stereocenters. The van der Waals surface area contributed by atoms with Gasteiger partial charge in [-0.3, -0.25) is 9.59 Å². The van der Waals surface area contributed by atoms with E-state index in [9.17, 15) is 14.4 Å². The SMILES string of the molecule is CCCCCCCCCCCC(=O)NCC(=O)N/N=C/c1ccc(OC(=O)c2ccc(OC)cc2)cc1. The van der Waals surface area contributed by atoms with Crippen LogP contribution in [0.15, 0.2) is 53.6 Å². The van der Waals surface area contributed by atoms with Crippen molar-refractivity contribution in [2.24, 2.45) is 5.10 Å². The van der Waals surface area contributed by atoms with Gasteiger partial charge in [0.2, 0.25) is 5.91 Å². The minimum Gasteiger partial charge on any atom is -0.497 e. The summed E-state index contributed by atoms with van der Waals surface area (Å²) in [4.78, 5) is 36.0. The lowest BCUT2D eigenvalue weighted by atomic mass is 10.1. The molecule has 0 heterocycles. The fraction of sp³-hybridized carbons (Fsp3) is 0.448. The molecule has 200 valence electrons. The summed E-state index contributed by atoms with van der Waals surface area (Å²) >= 11 is 0. The first-order valence-corrected chi connectivity index (χ1v) is 13.1. The predicted octanol–water partition coefficient (Wildman–Crippen LogP) is 5.40. The summed E-state index contributed by atoms with van der Waals surface area (Å²) in [6, 6.07) is 13.3. The van der Waals surface area contributed by atoms with E-state index in [1.165, 1.54) is 44.7 Å². The van der Waals surface area contributed by atoms with Gasteiger partial charge in [0, 0.05) is 6.42 Å². The maximum absolute atomic E-state index is 12.2. The second-order valence-electron chi connectivity index (χ2n) is 8.84. The van der Waals surface area contributed by atoms with Crippen LogP contribution in [0.5, 0.6) is 11.5 Å². The highest BCUT2D eigenvalue weighted by atomic mass is 16.5. The summed E-state index contributed by atoms with van der Waals surface area (Å²) in [5.74, 6) is 0.0418. The highest BCUT2D eigenvalue weighted by Gasteiger charge is 2.09. The number of hydrogen-bond donors (Lipinski definition) is 2. The molecule has 0 aliphatic carbocycles. The number of rotatable bonds is 17. The normalized spacial score (nSPS) is 10.8. The van der Waals surface area contributed by atoms with Crippen molar-refractivity contribution < 1.29 is 23.9 Å². The monoisotopic (exact) mass is 509 g/mol. The molecule has 0 unspecified atom stereocenters. The maximum Gasteiger partial charge on any atom is 0.343 e. The Morgan fingerprint density at radius 3 is 2.00 bits per heavy atom. The Morgan fingerprint density at radius 1 is 0.784 bits per heavy atom. The first-order chi connectivity index (χ1) is 18.0. The maximum atomic E-state index is 12.2. The van der Waals surface area contributed by atoms with Gasteiger partial charge in [-0.1, -0.05) is 58.3 Å². The third-order valence-electron chi connectivity index (χ3n) is 5.77. The number of nitrogens with zero attached hydrogens (tertiary/aromatic N) is 1. The topological polar surface area (TPSA) is 106 Å². The van der Waals surface area contributed by atoms with E-state index in [1.54, 1.807) is 55.6 Å². The summed E-state index contributed by atoms with van der Waals surface area (Å²) in [5, 5.41) is 6.52. The van der Waals surface area contributed by atoms with E-state index < -0.39 is 11.9 Å². The van der Waals surface area contributed by atoms with Crippen molar-refractivity contribution in [3.8, 4) is 11.5 Å². The number of nitrogens with one attached hydrogen (secondary N) is 2. The average molecular weight is 510 g/mol. The minimum atomic E-state index is -0.476. The smallest absolute Gasteiger partial charge is 0.343 e. The highest BCUT2D eigenvalue weighted by Crippen LogP contribution is 2.16. The number of esters is 1. The third kappa shape index (κ3) is 12.7. The largest absolute Gasteiger partial charge is 0.497 e.